The van der Waals surface area contributed by atoms with Crippen molar-refractivity contribution in [3.8, 4) is 0 Å². The molecule has 0 unspecified atom stereocenters. The molecule has 0 spiro atoms. The SMILES string of the molecule is CCCCONC(=O)OCCC=C(C)C(=O)O. The largest absolute Gasteiger partial charge is 0.478 e. The molecule has 0 fully saturated rings. The van der Waals surface area contributed by atoms with Crippen LogP contribution in [0.1, 0.15) is 33.1 Å². The van der Waals surface area contributed by atoms with Crippen LogP contribution in [-0.2, 0) is 14.4 Å². The van der Waals surface area contributed by atoms with Gasteiger partial charge in [-0.3, -0.25) is 4.84 Å². The van der Waals surface area contributed by atoms with Crippen LogP contribution in [0.25, 0.3) is 0 Å². The summed E-state index contributed by atoms with van der Waals surface area (Å²) in [6.07, 6.45) is 3.03. The van der Waals surface area contributed by atoms with Crippen LogP contribution in [0.2, 0.25) is 0 Å². The van der Waals surface area contributed by atoms with E-state index in [1.165, 1.54) is 13.0 Å². The molecule has 0 heterocycles. The Bertz CT molecular complexity index is 275. The molecule has 98 valence electrons. The average molecular weight is 245 g/mol. The number of aliphatic carboxylic acids is 1. The van der Waals surface area contributed by atoms with Gasteiger partial charge >= 0.3 is 12.1 Å². The summed E-state index contributed by atoms with van der Waals surface area (Å²) in [5, 5.41) is 8.55. The van der Waals surface area contributed by atoms with Gasteiger partial charge in [0.25, 0.3) is 0 Å². The van der Waals surface area contributed by atoms with Gasteiger partial charge in [-0.1, -0.05) is 19.4 Å². The highest BCUT2D eigenvalue weighted by Crippen LogP contribution is 1.96. The zero-order valence-electron chi connectivity index (χ0n) is 10.2. The van der Waals surface area contributed by atoms with Gasteiger partial charge in [0.1, 0.15) is 0 Å². The third-order valence-electron chi connectivity index (χ3n) is 1.89. The maximum Gasteiger partial charge on any atom is 0.431 e. The van der Waals surface area contributed by atoms with Crippen molar-refractivity contribution in [3.63, 3.8) is 0 Å². The highest BCUT2D eigenvalue weighted by Gasteiger charge is 2.01. The molecular formula is C11H19NO5. The van der Waals surface area contributed by atoms with E-state index < -0.39 is 12.1 Å². The van der Waals surface area contributed by atoms with E-state index in [4.69, 9.17) is 14.7 Å². The number of carboxylic acid groups (broad SMARTS) is 1. The highest BCUT2D eigenvalue weighted by molar-refractivity contribution is 5.85. The van der Waals surface area contributed by atoms with E-state index in [-0.39, 0.29) is 12.2 Å². The number of ether oxygens (including phenoxy) is 1. The van der Waals surface area contributed by atoms with Crippen molar-refractivity contribution >= 4 is 12.1 Å². The zero-order chi connectivity index (χ0) is 13.1. The summed E-state index contributed by atoms with van der Waals surface area (Å²) in [7, 11) is 0. The standard InChI is InChI=1S/C11H19NO5/c1-3-4-8-17-12-11(15)16-7-5-6-9(2)10(13)14/h6H,3-5,7-8H2,1-2H3,(H,12,15)(H,13,14). The molecule has 2 N–H and O–H groups in total. The minimum atomic E-state index is -0.975. The number of hydroxylamine groups is 1. The lowest BCUT2D eigenvalue weighted by Gasteiger charge is -2.05. The first-order chi connectivity index (χ1) is 8.07. The fraction of sp³-hybridized carbons (Fsp3) is 0.636. The molecule has 0 saturated carbocycles. The van der Waals surface area contributed by atoms with E-state index in [1.807, 2.05) is 6.92 Å². The second-order valence-electron chi connectivity index (χ2n) is 3.42. The third-order valence-corrected chi connectivity index (χ3v) is 1.89. The Morgan fingerprint density at radius 1 is 1.35 bits per heavy atom. The predicted molar refractivity (Wildman–Crippen MR) is 61.4 cm³/mol. The van der Waals surface area contributed by atoms with Crippen LogP contribution in [0.5, 0.6) is 0 Å². The summed E-state index contributed by atoms with van der Waals surface area (Å²) in [5.41, 5.74) is 2.36. The van der Waals surface area contributed by atoms with Crippen LogP contribution in [-0.4, -0.2) is 30.4 Å². The van der Waals surface area contributed by atoms with Gasteiger partial charge < -0.3 is 9.84 Å². The average Bonchev–Trinajstić information content (AvgIpc) is 2.29. The molecule has 0 saturated heterocycles. The van der Waals surface area contributed by atoms with E-state index >= 15 is 0 Å². The Hall–Kier alpha value is -1.56. The number of carbonyl (C=O) groups is 2. The van der Waals surface area contributed by atoms with Crippen molar-refractivity contribution in [1.29, 1.82) is 0 Å². The van der Waals surface area contributed by atoms with Crippen LogP contribution in [0.15, 0.2) is 11.6 Å². The van der Waals surface area contributed by atoms with Crippen LogP contribution < -0.4 is 5.48 Å². The minimum absolute atomic E-state index is 0.119. The Balaban J connectivity index is 3.51. The molecule has 0 atom stereocenters. The molecule has 0 aromatic heterocycles. The highest BCUT2D eigenvalue weighted by atomic mass is 16.7. The minimum Gasteiger partial charge on any atom is -0.478 e. The number of nitrogens with one attached hydrogen (secondary N) is 1. The van der Waals surface area contributed by atoms with Gasteiger partial charge in [-0.25, -0.2) is 9.59 Å². The summed E-state index contributed by atoms with van der Waals surface area (Å²) in [4.78, 5) is 26.2. The van der Waals surface area contributed by atoms with Gasteiger partial charge in [0.2, 0.25) is 0 Å². The van der Waals surface area contributed by atoms with Crippen molar-refractivity contribution in [3.05, 3.63) is 11.6 Å². The summed E-state index contributed by atoms with van der Waals surface area (Å²) in [6, 6.07) is 0. The number of hydrogen-bond donors (Lipinski definition) is 2. The first kappa shape index (κ1) is 15.4. The first-order valence-electron chi connectivity index (χ1n) is 5.52. The predicted octanol–water partition coefficient (Wildman–Crippen LogP) is 1.87. The topological polar surface area (TPSA) is 84.9 Å². The number of unbranched alkanes of at least 4 members (excludes halogenated alkanes) is 1. The lowest BCUT2D eigenvalue weighted by molar-refractivity contribution is -0.132. The zero-order valence-corrected chi connectivity index (χ0v) is 10.2. The molecule has 0 aliphatic heterocycles. The van der Waals surface area contributed by atoms with Crippen LogP contribution in [0.3, 0.4) is 0 Å². The van der Waals surface area contributed by atoms with E-state index in [0.29, 0.717) is 13.0 Å². The fourth-order valence-electron chi connectivity index (χ4n) is 0.870. The van der Waals surface area contributed by atoms with Crippen molar-refractivity contribution in [2.24, 2.45) is 0 Å². The summed E-state index contributed by atoms with van der Waals surface area (Å²) >= 11 is 0. The first-order valence-corrected chi connectivity index (χ1v) is 5.52. The molecule has 0 aromatic carbocycles. The van der Waals surface area contributed by atoms with Crippen LogP contribution in [0.4, 0.5) is 4.79 Å². The molecule has 17 heavy (non-hydrogen) atoms. The number of amides is 1. The number of hydrogen-bond acceptors (Lipinski definition) is 4. The Labute approximate surface area is 101 Å². The van der Waals surface area contributed by atoms with Crippen molar-refractivity contribution < 1.29 is 24.3 Å². The molecule has 0 rings (SSSR count). The second-order valence-corrected chi connectivity index (χ2v) is 3.42. The fourth-order valence-corrected chi connectivity index (χ4v) is 0.870. The number of carboxylic acids is 1. The molecule has 6 heteroatoms. The van der Waals surface area contributed by atoms with E-state index in [9.17, 15) is 9.59 Å². The molecule has 0 aliphatic rings. The van der Waals surface area contributed by atoms with Gasteiger partial charge in [-0.15, -0.1) is 0 Å². The molecule has 1 amide bonds. The Morgan fingerprint density at radius 2 is 2.06 bits per heavy atom. The van der Waals surface area contributed by atoms with Gasteiger partial charge in [0.15, 0.2) is 0 Å². The molecule has 6 nitrogen and oxygen atoms in total. The Kier molecular flexibility index (Phi) is 8.77. The molecule has 0 bridgehead atoms. The van der Waals surface area contributed by atoms with Gasteiger partial charge in [-0.05, 0) is 13.3 Å². The van der Waals surface area contributed by atoms with Gasteiger partial charge in [-0.2, -0.15) is 5.48 Å². The quantitative estimate of drug-likeness (QED) is 0.387. The normalized spacial score (nSPS) is 11.1. The number of carbonyl (C=O) groups excluding carboxylic acids is 1. The smallest absolute Gasteiger partial charge is 0.431 e. The van der Waals surface area contributed by atoms with Crippen molar-refractivity contribution in [2.75, 3.05) is 13.2 Å². The van der Waals surface area contributed by atoms with Crippen LogP contribution in [0, 0.1) is 0 Å². The van der Waals surface area contributed by atoms with E-state index in [1.54, 1.807) is 0 Å². The maximum atomic E-state index is 11.0. The third kappa shape index (κ3) is 9.37. The monoisotopic (exact) mass is 245 g/mol. The maximum absolute atomic E-state index is 11.0. The number of rotatable bonds is 8. The summed E-state index contributed by atoms with van der Waals surface area (Å²) in [6.45, 7) is 4.06. The lowest BCUT2D eigenvalue weighted by Crippen LogP contribution is -2.25. The van der Waals surface area contributed by atoms with Gasteiger partial charge in [0.05, 0.1) is 13.2 Å². The summed E-state index contributed by atoms with van der Waals surface area (Å²) < 4.78 is 4.74. The second kappa shape index (κ2) is 9.65. The molecule has 0 radical (unpaired) electrons. The van der Waals surface area contributed by atoms with Crippen molar-refractivity contribution in [1.82, 2.24) is 5.48 Å². The Morgan fingerprint density at radius 3 is 2.65 bits per heavy atom. The van der Waals surface area contributed by atoms with E-state index in [0.717, 1.165) is 12.8 Å². The summed E-state index contributed by atoms with van der Waals surface area (Å²) in [5.74, 6) is -0.975. The van der Waals surface area contributed by atoms with Crippen molar-refractivity contribution in [2.45, 2.75) is 33.1 Å². The van der Waals surface area contributed by atoms with E-state index in [2.05, 4.69) is 5.48 Å². The van der Waals surface area contributed by atoms with Gasteiger partial charge in [0, 0.05) is 12.0 Å². The lowest BCUT2D eigenvalue weighted by atomic mass is 10.2. The molecular weight excluding hydrogens is 226 g/mol. The molecule has 0 aliphatic carbocycles. The van der Waals surface area contributed by atoms with Crippen LogP contribution >= 0.6 is 0 Å². The molecule has 0 aromatic rings.